The van der Waals surface area contributed by atoms with E-state index in [1.54, 1.807) is 36.4 Å². The highest BCUT2D eigenvalue weighted by molar-refractivity contribution is 7.94. The number of nitrogens with one attached hydrogen (secondary N) is 1. The van der Waals surface area contributed by atoms with Gasteiger partial charge in [-0.25, -0.2) is 8.42 Å². The van der Waals surface area contributed by atoms with Gasteiger partial charge in [-0.3, -0.25) is 4.72 Å². The van der Waals surface area contributed by atoms with Gasteiger partial charge in [0.25, 0.3) is 10.0 Å². The van der Waals surface area contributed by atoms with Gasteiger partial charge in [0.05, 0.1) is 23.9 Å². The SMILES string of the molecule is COc1cccc(NS(=O)(=O)c2ccc(-c3ccno3)s2)c1. The number of hydrogen-bond donors (Lipinski definition) is 1. The maximum absolute atomic E-state index is 12.4. The molecule has 114 valence electrons. The number of sulfonamides is 1. The van der Waals surface area contributed by atoms with Crippen LogP contribution in [-0.2, 0) is 10.0 Å². The molecule has 0 aliphatic carbocycles. The number of anilines is 1. The normalized spacial score (nSPS) is 11.3. The van der Waals surface area contributed by atoms with Gasteiger partial charge in [0.2, 0.25) is 0 Å². The van der Waals surface area contributed by atoms with Crippen molar-refractivity contribution in [3.05, 3.63) is 48.7 Å². The molecule has 8 heteroatoms. The van der Waals surface area contributed by atoms with Crippen LogP contribution >= 0.6 is 11.3 Å². The molecule has 0 unspecified atom stereocenters. The summed E-state index contributed by atoms with van der Waals surface area (Å²) in [4.78, 5) is 0.698. The van der Waals surface area contributed by atoms with Crippen LogP contribution in [-0.4, -0.2) is 20.7 Å². The minimum atomic E-state index is -3.66. The molecular formula is C14H12N2O4S2. The van der Waals surface area contributed by atoms with Gasteiger partial charge in [0.1, 0.15) is 9.96 Å². The molecule has 22 heavy (non-hydrogen) atoms. The average Bonchev–Trinajstić information content (AvgIpc) is 3.18. The Morgan fingerprint density at radius 2 is 2.09 bits per heavy atom. The molecule has 0 bridgehead atoms. The van der Waals surface area contributed by atoms with Crippen LogP contribution in [0.1, 0.15) is 0 Å². The van der Waals surface area contributed by atoms with E-state index in [0.717, 1.165) is 11.3 Å². The molecule has 0 aliphatic heterocycles. The van der Waals surface area contributed by atoms with Gasteiger partial charge in [-0.15, -0.1) is 11.3 Å². The van der Waals surface area contributed by atoms with Crippen LogP contribution < -0.4 is 9.46 Å². The third kappa shape index (κ3) is 2.97. The Morgan fingerprint density at radius 3 is 2.82 bits per heavy atom. The van der Waals surface area contributed by atoms with Crippen LogP contribution in [0.2, 0.25) is 0 Å². The van der Waals surface area contributed by atoms with E-state index in [2.05, 4.69) is 9.88 Å². The molecule has 1 aromatic carbocycles. The summed E-state index contributed by atoms with van der Waals surface area (Å²) in [5.41, 5.74) is 0.439. The van der Waals surface area contributed by atoms with E-state index in [4.69, 9.17) is 9.26 Å². The van der Waals surface area contributed by atoms with Gasteiger partial charge < -0.3 is 9.26 Å². The van der Waals surface area contributed by atoms with E-state index in [1.807, 2.05) is 0 Å². The molecule has 2 heterocycles. The molecule has 0 amide bonds. The molecule has 3 aromatic rings. The zero-order valence-electron chi connectivity index (χ0n) is 11.5. The van der Waals surface area contributed by atoms with Crippen molar-refractivity contribution in [1.29, 1.82) is 0 Å². The predicted octanol–water partition coefficient (Wildman–Crippen LogP) is 3.21. The molecule has 0 spiro atoms. The van der Waals surface area contributed by atoms with Crippen LogP contribution in [0, 0.1) is 0 Å². The first-order valence-electron chi connectivity index (χ1n) is 6.26. The largest absolute Gasteiger partial charge is 0.497 e. The quantitative estimate of drug-likeness (QED) is 0.774. The number of rotatable bonds is 5. The Bertz CT molecular complexity index is 870. The van der Waals surface area contributed by atoms with Crippen molar-refractivity contribution in [1.82, 2.24) is 5.16 Å². The van der Waals surface area contributed by atoms with Crippen molar-refractivity contribution in [3.63, 3.8) is 0 Å². The van der Waals surface area contributed by atoms with E-state index in [1.165, 1.54) is 19.4 Å². The number of benzene rings is 1. The van der Waals surface area contributed by atoms with Crippen molar-refractivity contribution in [2.24, 2.45) is 0 Å². The van der Waals surface area contributed by atoms with Crippen LogP contribution in [0.5, 0.6) is 5.75 Å². The van der Waals surface area contributed by atoms with Gasteiger partial charge in [-0.1, -0.05) is 11.2 Å². The third-order valence-electron chi connectivity index (χ3n) is 2.85. The fraction of sp³-hybridized carbons (Fsp3) is 0.0714. The van der Waals surface area contributed by atoms with Crippen molar-refractivity contribution in [3.8, 4) is 16.4 Å². The Morgan fingerprint density at radius 1 is 1.23 bits per heavy atom. The summed E-state index contributed by atoms with van der Waals surface area (Å²) in [5, 5.41) is 3.61. The van der Waals surface area contributed by atoms with Crippen LogP contribution in [0.15, 0.2) is 57.4 Å². The zero-order chi connectivity index (χ0) is 15.6. The second-order valence-electron chi connectivity index (χ2n) is 4.33. The Kier molecular flexibility index (Phi) is 3.86. The topological polar surface area (TPSA) is 81.4 Å². The molecular weight excluding hydrogens is 324 g/mol. The van der Waals surface area contributed by atoms with Gasteiger partial charge in [-0.2, -0.15) is 0 Å². The number of thiophene rings is 1. The maximum atomic E-state index is 12.4. The lowest BCUT2D eigenvalue weighted by Crippen LogP contribution is -2.11. The Balaban J connectivity index is 1.86. The second-order valence-corrected chi connectivity index (χ2v) is 7.33. The van der Waals surface area contributed by atoms with E-state index in [0.29, 0.717) is 22.1 Å². The molecule has 0 radical (unpaired) electrons. The van der Waals surface area contributed by atoms with Crippen molar-refractivity contribution in [2.75, 3.05) is 11.8 Å². The summed E-state index contributed by atoms with van der Waals surface area (Å²) in [6.07, 6.45) is 1.51. The molecule has 0 fully saturated rings. The van der Waals surface area contributed by atoms with Gasteiger partial charge in [0.15, 0.2) is 5.76 Å². The number of nitrogens with zero attached hydrogens (tertiary/aromatic N) is 1. The average molecular weight is 336 g/mol. The van der Waals surface area contributed by atoms with Crippen LogP contribution in [0.3, 0.4) is 0 Å². The Labute approximate surface area is 131 Å². The first kappa shape index (κ1) is 14.6. The lowest BCUT2D eigenvalue weighted by atomic mass is 10.3. The molecule has 2 aromatic heterocycles. The van der Waals surface area contributed by atoms with E-state index >= 15 is 0 Å². The lowest BCUT2D eigenvalue weighted by Gasteiger charge is -2.07. The number of aromatic nitrogens is 1. The second kappa shape index (κ2) is 5.82. The van der Waals surface area contributed by atoms with Crippen molar-refractivity contribution < 1.29 is 17.7 Å². The predicted molar refractivity (Wildman–Crippen MR) is 83.6 cm³/mol. The molecule has 3 rings (SSSR count). The summed E-state index contributed by atoms with van der Waals surface area (Å²) >= 11 is 1.11. The maximum Gasteiger partial charge on any atom is 0.271 e. The minimum absolute atomic E-state index is 0.196. The zero-order valence-corrected chi connectivity index (χ0v) is 13.1. The number of ether oxygens (including phenoxy) is 1. The molecule has 0 aliphatic rings. The fourth-order valence-electron chi connectivity index (χ4n) is 1.83. The van der Waals surface area contributed by atoms with E-state index < -0.39 is 10.0 Å². The minimum Gasteiger partial charge on any atom is -0.497 e. The van der Waals surface area contributed by atoms with Gasteiger partial charge in [0, 0.05) is 12.1 Å². The summed E-state index contributed by atoms with van der Waals surface area (Å²) in [5.74, 6) is 1.11. The molecule has 0 atom stereocenters. The van der Waals surface area contributed by atoms with Crippen molar-refractivity contribution in [2.45, 2.75) is 4.21 Å². The molecule has 6 nitrogen and oxygen atoms in total. The summed E-state index contributed by atoms with van der Waals surface area (Å²) in [6.45, 7) is 0. The summed E-state index contributed by atoms with van der Waals surface area (Å²) < 4.78 is 37.6. The Hall–Kier alpha value is -2.32. The summed E-state index contributed by atoms with van der Waals surface area (Å²) in [6, 6.07) is 11.6. The van der Waals surface area contributed by atoms with Gasteiger partial charge >= 0.3 is 0 Å². The third-order valence-corrected chi connectivity index (χ3v) is 5.82. The lowest BCUT2D eigenvalue weighted by molar-refractivity contribution is 0.415. The van der Waals surface area contributed by atoms with Gasteiger partial charge in [-0.05, 0) is 24.3 Å². The highest BCUT2D eigenvalue weighted by atomic mass is 32.2. The molecule has 0 saturated heterocycles. The van der Waals surface area contributed by atoms with Crippen LogP contribution in [0.25, 0.3) is 10.6 Å². The smallest absolute Gasteiger partial charge is 0.271 e. The van der Waals surface area contributed by atoms with E-state index in [9.17, 15) is 8.42 Å². The monoisotopic (exact) mass is 336 g/mol. The first-order valence-corrected chi connectivity index (χ1v) is 8.56. The van der Waals surface area contributed by atoms with Crippen LogP contribution in [0.4, 0.5) is 5.69 Å². The number of hydrogen-bond acceptors (Lipinski definition) is 6. The summed E-state index contributed by atoms with van der Waals surface area (Å²) in [7, 11) is -2.13. The van der Waals surface area contributed by atoms with Crippen molar-refractivity contribution >= 4 is 27.0 Å². The standard InChI is InChI=1S/C14H12N2O4S2/c1-19-11-4-2-3-10(9-11)16-22(17,18)14-6-5-13(21-14)12-7-8-15-20-12/h2-9,16H,1H3. The fourth-order valence-corrected chi connectivity index (χ4v) is 4.14. The van der Waals surface area contributed by atoms with E-state index in [-0.39, 0.29) is 4.21 Å². The highest BCUT2D eigenvalue weighted by Crippen LogP contribution is 2.31. The molecule has 1 N–H and O–H groups in total. The highest BCUT2D eigenvalue weighted by Gasteiger charge is 2.18. The number of methoxy groups -OCH3 is 1. The first-order chi connectivity index (χ1) is 10.6. The molecule has 0 saturated carbocycles.